The van der Waals surface area contributed by atoms with Crippen LogP contribution in [-0.4, -0.2) is 10.1 Å². The van der Waals surface area contributed by atoms with E-state index in [9.17, 15) is 5.11 Å². The average Bonchev–Trinajstić information content (AvgIpc) is 2.55. The largest absolute Gasteiger partial charge is 0.507 e. The van der Waals surface area contributed by atoms with Gasteiger partial charge in [-0.05, 0) is 23.1 Å². The van der Waals surface area contributed by atoms with Crippen molar-refractivity contribution in [3.8, 4) is 16.9 Å². The van der Waals surface area contributed by atoms with Crippen LogP contribution in [0.15, 0.2) is 72.9 Å². The van der Waals surface area contributed by atoms with Crippen LogP contribution in [0.1, 0.15) is 0 Å². The lowest BCUT2D eigenvalue weighted by atomic mass is 9.99. The van der Waals surface area contributed by atoms with Crippen molar-refractivity contribution in [2.45, 2.75) is 0 Å². The first-order chi connectivity index (χ1) is 10.3. The lowest BCUT2D eigenvalue weighted by molar-refractivity contribution is 0.484. The normalized spacial score (nSPS) is 11.0. The van der Waals surface area contributed by atoms with E-state index in [-0.39, 0.29) is 0 Å². The lowest BCUT2D eigenvalue weighted by Crippen LogP contribution is -1.86. The Kier molecular flexibility index (Phi) is 2.61. The van der Waals surface area contributed by atoms with Gasteiger partial charge in [-0.25, -0.2) is 0 Å². The van der Waals surface area contributed by atoms with Crippen molar-refractivity contribution < 1.29 is 5.11 Å². The van der Waals surface area contributed by atoms with E-state index >= 15 is 0 Å². The Bertz CT molecular complexity index is 945. The van der Waals surface area contributed by atoms with Crippen LogP contribution >= 0.6 is 0 Å². The molecule has 0 saturated carbocycles. The van der Waals surface area contributed by atoms with Gasteiger partial charge in [-0.15, -0.1) is 0 Å². The van der Waals surface area contributed by atoms with Crippen LogP contribution in [0, 0.1) is 0 Å². The van der Waals surface area contributed by atoms with Crippen LogP contribution in [0.4, 0.5) is 0 Å². The number of nitrogens with zero attached hydrogens (tertiary/aromatic N) is 1. The molecule has 100 valence electrons. The maximum atomic E-state index is 10.8. The monoisotopic (exact) mass is 271 g/mol. The lowest BCUT2D eigenvalue weighted by Gasteiger charge is -2.10. The standard InChI is InChI=1S/C19H13NO/c21-19-16(13-6-2-1-3-7-13)10-11-17-18(19)15-9-5-4-8-14(15)12-20-17/h1-12,21H. The van der Waals surface area contributed by atoms with E-state index in [1.807, 2.05) is 72.9 Å². The van der Waals surface area contributed by atoms with Gasteiger partial charge in [0.05, 0.1) is 10.9 Å². The molecule has 1 heterocycles. The summed E-state index contributed by atoms with van der Waals surface area (Å²) < 4.78 is 0. The number of pyridine rings is 1. The van der Waals surface area contributed by atoms with Gasteiger partial charge in [0.25, 0.3) is 0 Å². The van der Waals surface area contributed by atoms with Crippen molar-refractivity contribution in [2.24, 2.45) is 0 Å². The van der Waals surface area contributed by atoms with Gasteiger partial charge in [-0.2, -0.15) is 0 Å². The van der Waals surface area contributed by atoms with Crippen LogP contribution in [0.3, 0.4) is 0 Å². The summed E-state index contributed by atoms with van der Waals surface area (Å²) in [5.74, 6) is 0.294. The first kappa shape index (κ1) is 11.9. The Morgan fingerprint density at radius 3 is 2.38 bits per heavy atom. The smallest absolute Gasteiger partial charge is 0.133 e. The first-order valence-corrected chi connectivity index (χ1v) is 6.89. The molecule has 21 heavy (non-hydrogen) atoms. The van der Waals surface area contributed by atoms with Crippen molar-refractivity contribution in [2.75, 3.05) is 0 Å². The van der Waals surface area contributed by atoms with Gasteiger partial charge in [0.1, 0.15) is 5.75 Å². The third kappa shape index (κ3) is 1.84. The number of aromatic nitrogens is 1. The Labute approximate surface area is 122 Å². The fourth-order valence-corrected chi connectivity index (χ4v) is 2.78. The highest BCUT2D eigenvalue weighted by Crippen LogP contribution is 2.38. The molecule has 0 fully saturated rings. The zero-order chi connectivity index (χ0) is 14.2. The maximum Gasteiger partial charge on any atom is 0.133 e. The summed E-state index contributed by atoms with van der Waals surface area (Å²) in [6, 6.07) is 21.8. The topological polar surface area (TPSA) is 33.1 Å². The van der Waals surface area contributed by atoms with Crippen LogP contribution in [0.2, 0.25) is 0 Å². The van der Waals surface area contributed by atoms with Gasteiger partial charge in [0.15, 0.2) is 0 Å². The third-order valence-electron chi connectivity index (χ3n) is 3.81. The molecule has 4 aromatic rings. The highest BCUT2D eigenvalue weighted by molar-refractivity contribution is 6.10. The minimum absolute atomic E-state index is 0.294. The van der Waals surface area contributed by atoms with E-state index < -0.39 is 0 Å². The second-order valence-electron chi connectivity index (χ2n) is 5.07. The molecule has 0 amide bonds. The molecule has 0 atom stereocenters. The molecule has 0 unspecified atom stereocenters. The quantitative estimate of drug-likeness (QED) is 0.506. The van der Waals surface area contributed by atoms with E-state index in [0.717, 1.165) is 32.8 Å². The number of hydrogen-bond acceptors (Lipinski definition) is 2. The van der Waals surface area contributed by atoms with Crippen molar-refractivity contribution in [1.29, 1.82) is 0 Å². The number of rotatable bonds is 1. The molecule has 2 heteroatoms. The molecule has 0 aliphatic heterocycles. The molecular formula is C19H13NO. The number of aromatic hydroxyl groups is 1. The minimum atomic E-state index is 0.294. The van der Waals surface area contributed by atoms with Crippen molar-refractivity contribution in [3.05, 3.63) is 72.9 Å². The van der Waals surface area contributed by atoms with Crippen LogP contribution in [0.5, 0.6) is 5.75 Å². The summed E-state index contributed by atoms with van der Waals surface area (Å²) >= 11 is 0. The number of phenols is 1. The van der Waals surface area contributed by atoms with Gasteiger partial charge in [0, 0.05) is 17.1 Å². The number of hydrogen-bond donors (Lipinski definition) is 1. The molecule has 0 saturated heterocycles. The van der Waals surface area contributed by atoms with Crippen molar-refractivity contribution in [1.82, 2.24) is 4.98 Å². The number of fused-ring (bicyclic) bond motifs is 3. The summed E-state index contributed by atoms with van der Waals surface area (Å²) in [7, 11) is 0. The molecule has 0 aliphatic carbocycles. The Balaban J connectivity index is 2.13. The number of benzene rings is 3. The predicted molar refractivity (Wildman–Crippen MR) is 86.3 cm³/mol. The van der Waals surface area contributed by atoms with Gasteiger partial charge in [-0.3, -0.25) is 4.98 Å². The maximum absolute atomic E-state index is 10.8. The highest BCUT2D eigenvalue weighted by atomic mass is 16.3. The molecule has 0 radical (unpaired) electrons. The van der Waals surface area contributed by atoms with Crippen molar-refractivity contribution in [3.63, 3.8) is 0 Å². The Morgan fingerprint density at radius 1 is 0.762 bits per heavy atom. The van der Waals surface area contributed by atoms with Gasteiger partial charge in [-0.1, -0.05) is 54.6 Å². The average molecular weight is 271 g/mol. The van der Waals surface area contributed by atoms with Crippen LogP contribution in [-0.2, 0) is 0 Å². The van der Waals surface area contributed by atoms with Gasteiger partial charge in [0.2, 0.25) is 0 Å². The van der Waals surface area contributed by atoms with Crippen LogP contribution < -0.4 is 0 Å². The van der Waals surface area contributed by atoms with E-state index in [1.54, 1.807) is 0 Å². The number of phenolic OH excluding ortho intramolecular Hbond substituents is 1. The Hall–Kier alpha value is -2.87. The summed E-state index contributed by atoms with van der Waals surface area (Å²) in [6.45, 7) is 0. The van der Waals surface area contributed by atoms with E-state index in [0.29, 0.717) is 5.75 Å². The highest BCUT2D eigenvalue weighted by Gasteiger charge is 2.11. The fourth-order valence-electron chi connectivity index (χ4n) is 2.78. The van der Waals surface area contributed by atoms with Gasteiger partial charge >= 0.3 is 0 Å². The fraction of sp³-hybridized carbons (Fsp3) is 0. The Morgan fingerprint density at radius 2 is 1.52 bits per heavy atom. The molecule has 3 aromatic carbocycles. The van der Waals surface area contributed by atoms with E-state index in [1.165, 1.54) is 0 Å². The van der Waals surface area contributed by atoms with E-state index in [4.69, 9.17) is 0 Å². The van der Waals surface area contributed by atoms with E-state index in [2.05, 4.69) is 4.98 Å². The predicted octanol–water partition coefficient (Wildman–Crippen LogP) is 4.76. The second kappa shape index (κ2) is 4.60. The first-order valence-electron chi connectivity index (χ1n) is 6.89. The van der Waals surface area contributed by atoms with Gasteiger partial charge < -0.3 is 5.11 Å². The zero-order valence-electron chi connectivity index (χ0n) is 11.3. The summed E-state index contributed by atoms with van der Waals surface area (Å²) in [5, 5.41) is 13.6. The molecule has 0 bridgehead atoms. The molecule has 1 N–H and O–H groups in total. The molecule has 0 spiro atoms. The third-order valence-corrected chi connectivity index (χ3v) is 3.81. The molecular weight excluding hydrogens is 258 g/mol. The zero-order valence-corrected chi connectivity index (χ0v) is 11.3. The second-order valence-corrected chi connectivity index (χ2v) is 5.07. The molecule has 2 nitrogen and oxygen atoms in total. The minimum Gasteiger partial charge on any atom is -0.507 e. The molecule has 4 rings (SSSR count). The molecule has 1 aromatic heterocycles. The summed E-state index contributed by atoms with van der Waals surface area (Å²) in [6.07, 6.45) is 1.85. The van der Waals surface area contributed by atoms with Crippen LogP contribution in [0.25, 0.3) is 32.8 Å². The SMILES string of the molecule is Oc1c(-c2ccccc2)ccc2ncc3ccccc3c12. The summed E-state index contributed by atoms with van der Waals surface area (Å²) in [5.41, 5.74) is 2.65. The molecule has 0 aliphatic rings. The summed E-state index contributed by atoms with van der Waals surface area (Å²) in [4.78, 5) is 4.44. The van der Waals surface area contributed by atoms with Crippen molar-refractivity contribution >= 4 is 21.7 Å².